The van der Waals surface area contributed by atoms with E-state index in [1.54, 1.807) is 33.5 Å². The highest BCUT2D eigenvalue weighted by Crippen LogP contribution is 2.34. The van der Waals surface area contributed by atoms with Crippen LogP contribution in [0, 0.1) is 0 Å². The van der Waals surface area contributed by atoms with E-state index >= 15 is 0 Å². The number of carbonyl (C=O) groups is 1. The van der Waals surface area contributed by atoms with Gasteiger partial charge in [0.05, 0.1) is 21.3 Å². The molecule has 0 aliphatic carbocycles. The molecule has 0 fully saturated rings. The van der Waals surface area contributed by atoms with Crippen LogP contribution in [0.15, 0.2) is 12.1 Å². The Balaban J connectivity index is 2.85. The topological polar surface area (TPSA) is 66.0 Å². The van der Waals surface area contributed by atoms with E-state index in [1.807, 2.05) is 20.8 Å². The van der Waals surface area contributed by atoms with Crippen LogP contribution in [0.2, 0.25) is 0 Å². The van der Waals surface area contributed by atoms with E-state index in [1.165, 1.54) is 0 Å². The van der Waals surface area contributed by atoms with Crippen LogP contribution in [-0.4, -0.2) is 33.0 Å². The van der Waals surface area contributed by atoms with Crippen molar-refractivity contribution in [3.63, 3.8) is 0 Å². The molecular formula is C15H23NO5. The molecule has 0 atom stereocenters. The first kappa shape index (κ1) is 16.9. The number of hydrogen-bond acceptors (Lipinski definition) is 5. The third kappa shape index (κ3) is 5.06. The maximum atomic E-state index is 11.7. The molecule has 0 spiro atoms. The molecule has 0 aromatic heterocycles. The first-order valence-corrected chi connectivity index (χ1v) is 6.56. The smallest absolute Gasteiger partial charge is 0.407 e. The maximum Gasteiger partial charge on any atom is 0.407 e. The molecule has 1 rings (SSSR count). The van der Waals surface area contributed by atoms with Crippen LogP contribution in [0.5, 0.6) is 17.2 Å². The summed E-state index contributed by atoms with van der Waals surface area (Å²) >= 11 is 0. The molecule has 1 aromatic carbocycles. The van der Waals surface area contributed by atoms with Crippen LogP contribution < -0.4 is 19.5 Å². The highest BCUT2D eigenvalue weighted by atomic mass is 16.6. The van der Waals surface area contributed by atoms with Crippen molar-refractivity contribution < 1.29 is 23.7 Å². The predicted molar refractivity (Wildman–Crippen MR) is 79.2 cm³/mol. The Morgan fingerprint density at radius 3 is 2.00 bits per heavy atom. The van der Waals surface area contributed by atoms with Gasteiger partial charge in [0.15, 0.2) is 11.5 Å². The summed E-state index contributed by atoms with van der Waals surface area (Å²) < 4.78 is 20.9. The molecule has 1 aromatic rings. The summed E-state index contributed by atoms with van der Waals surface area (Å²) in [6.07, 6.45) is -0.487. The van der Waals surface area contributed by atoms with Crippen LogP contribution in [-0.2, 0) is 11.3 Å². The van der Waals surface area contributed by atoms with Gasteiger partial charge in [-0.25, -0.2) is 4.79 Å². The Labute approximate surface area is 125 Å². The first-order chi connectivity index (χ1) is 9.80. The Kier molecular flexibility index (Phi) is 5.69. The number of methoxy groups -OCH3 is 3. The van der Waals surface area contributed by atoms with Crippen LogP contribution in [0.4, 0.5) is 4.79 Å². The number of hydrogen-bond donors (Lipinski definition) is 1. The van der Waals surface area contributed by atoms with Gasteiger partial charge in [0.1, 0.15) is 11.4 Å². The van der Waals surface area contributed by atoms with Crippen molar-refractivity contribution in [2.45, 2.75) is 32.9 Å². The molecular weight excluding hydrogens is 274 g/mol. The Bertz CT molecular complexity index is 494. The van der Waals surface area contributed by atoms with Gasteiger partial charge in [-0.1, -0.05) is 0 Å². The quantitative estimate of drug-likeness (QED) is 0.905. The van der Waals surface area contributed by atoms with Crippen LogP contribution in [0.25, 0.3) is 0 Å². The van der Waals surface area contributed by atoms with Crippen molar-refractivity contribution in [1.82, 2.24) is 5.32 Å². The summed E-state index contributed by atoms with van der Waals surface area (Å²) in [4.78, 5) is 11.7. The van der Waals surface area contributed by atoms with E-state index in [2.05, 4.69) is 5.32 Å². The second-order valence-electron chi connectivity index (χ2n) is 5.37. The standard InChI is InChI=1S/C15H23NO5/c1-15(2,3)21-14(17)16-9-10-7-12(19-5)13(20-6)8-11(10)18-4/h7-8H,9H2,1-6H3,(H,16,17). The fourth-order valence-electron chi connectivity index (χ4n) is 1.71. The molecule has 0 saturated heterocycles. The number of benzene rings is 1. The zero-order valence-electron chi connectivity index (χ0n) is 13.4. The number of rotatable bonds is 5. The van der Waals surface area contributed by atoms with Crippen molar-refractivity contribution in [3.05, 3.63) is 17.7 Å². The van der Waals surface area contributed by atoms with E-state index in [0.29, 0.717) is 17.2 Å². The molecule has 6 heteroatoms. The summed E-state index contributed by atoms with van der Waals surface area (Å²) in [7, 11) is 4.66. The molecule has 118 valence electrons. The zero-order valence-corrected chi connectivity index (χ0v) is 13.4. The van der Waals surface area contributed by atoms with Gasteiger partial charge in [-0.2, -0.15) is 0 Å². The minimum absolute atomic E-state index is 0.262. The SMILES string of the molecule is COc1cc(OC)c(OC)cc1CNC(=O)OC(C)(C)C. The summed E-state index contributed by atoms with van der Waals surface area (Å²) in [5.74, 6) is 1.73. The number of ether oxygens (including phenoxy) is 4. The summed E-state index contributed by atoms with van der Waals surface area (Å²) in [6, 6.07) is 3.47. The van der Waals surface area contributed by atoms with Gasteiger partial charge in [-0.15, -0.1) is 0 Å². The van der Waals surface area contributed by atoms with Crippen LogP contribution in [0.1, 0.15) is 26.3 Å². The van der Waals surface area contributed by atoms with Crippen molar-refractivity contribution >= 4 is 6.09 Å². The molecule has 0 saturated carbocycles. The molecule has 0 radical (unpaired) electrons. The van der Waals surface area contributed by atoms with Gasteiger partial charge >= 0.3 is 6.09 Å². The number of carbonyl (C=O) groups excluding carboxylic acids is 1. The molecule has 1 N–H and O–H groups in total. The lowest BCUT2D eigenvalue weighted by Gasteiger charge is -2.20. The third-order valence-electron chi connectivity index (χ3n) is 2.61. The summed E-state index contributed by atoms with van der Waals surface area (Å²) in [6.45, 7) is 5.69. The minimum atomic E-state index is -0.536. The van der Waals surface area contributed by atoms with Gasteiger partial charge < -0.3 is 24.3 Å². The average Bonchev–Trinajstić information content (AvgIpc) is 2.42. The molecule has 0 bridgehead atoms. The molecule has 0 heterocycles. The van der Waals surface area contributed by atoms with Crippen molar-refractivity contribution in [3.8, 4) is 17.2 Å². The average molecular weight is 297 g/mol. The van der Waals surface area contributed by atoms with Gasteiger partial charge in [-0.3, -0.25) is 0 Å². The highest BCUT2D eigenvalue weighted by Gasteiger charge is 2.17. The molecule has 0 aliphatic rings. The fraction of sp³-hybridized carbons (Fsp3) is 0.533. The first-order valence-electron chi connectivity index (χ1n) is 6.56. The second-order valence-corrected chi connectivity index (χ2v) is 5.37. The Hall–Kier alpha value is -2.11. The fourth-order valence-corrected chi connectivity index (χ4v) is 1.71. The number of nitrogens with one attached hydrogen (secondary N) is 1. The summed E-state index contributed by atoms with van der Waals surface area (Å²) in [5, 5.41) is 2.68. The molecule has 6 nitrogen and oxygen atoms in total. The third-order valence-corrected chi connectivity index (χ3v) is 2.61. The molecule has 0 aliphatic heterocycles. The Morgan fingerprint density at radius 2 is 1.52 bits per heavy atom. The van der Waals surface area contributed by atoms with Gasteiger partial charge in [0.25, 0.3) is 0 Å². The van der Waals surface area contributed by atoms with Crippen molar-refractivity contribution in [1.29, 1.82) is 0 Å². The van der Waals surface area contributed by atoms with Gasteiger partial charge in [-0.05, 0) is 26.8 Å². The van der Waals surface area contributed by atoms with Gasteiger partial charge in [0, 0.05) is 18.2 Å². The lowest BCUT2D eigenvalue weighted by Crippen LogP contribution is -2.32. The van der Waals surface area contributed by atoms with Crippen molar-refractivity contribution in [2.24, 2.45) is 0 Å². The zero-order chi connectivity index (χ0) is 16.0. The lowest BCUT2D eigenvalue weighted by molar-refractivity contribution is 0.0523. The van der Waals surface area contributed by atoms with Crippen LogP contribution in [0.3, 0.4) is 0 Å². The largest absolute Gasteiger partial charge is 0.496 e. The molecule has 21 heavy (non-hydrogen) atoms. The predicted octanol–water partition coefficient (Wildman–Crippen LogP) is 2.74. The maximum absolute atomic E-state index is 11.7. The number of amides is 1. The second kappa shape index (κ2) is 7.06. The Morgan fingerprint density at radius 1 is 1.00 bits per heavy atom. The van der Waals surface area contributed by atoms with E-state index in [-0.39, 0.29) is 6.54 Å². The van der Waals surface area contributed by atoms with E-state index in [9.17, 15) is 4.79 Å². The molecule has 0 unspecified atom stereocenters. The number of alkyl carbamates (subject to hydrolysis) is 1. The van der Waals surface area contributed by atoms with Crippen LogP contribution >= 0.6 is 0 Å². The van der Waals surface area contributed by atoms with Crippen molar-refractivity contribution in [2.75, 3.05) is 21.3 Å². The van der Waals surface area contributed by atoms with E-state index in [0.717, 1.165) is 5.56 Å². The van der Waals surface area contributed by atoms with E-state index < -0.39 is 11.7 Å². The highest BCUT2D eigenvalue weighted by molar-refractivity contribution is 5.68. The summed E-state index contributed by atoms with van der Waals surface area (Å²) in [5.41, 5.74) is 0.229. The monoisotopic (exact) mass is 297 g/mol. The minimum Gasteiger partial charge on any atom is -0.496 e. The lowest BCUT2D eigenvalue weighted by atomic mass is 10.1. The van der Waals surface area contributed by atoms with Gasteiger partial charge in [0.2, 0.25) is 0 Å². The molecule has 1 amide bonds. The normalized spacial score (nSPS) is 10.8. The van der Waals surface area contributed by atoms with E-state index in [4.69, 9.17) is 18.9 Å².